The molecule has 0 bridgehead atoms. The van der Waals surface area contributed by atoms with Gasteiger partial charge in [-0.05, 0) is 6.92 Å². The van der Waals surface area contributed by atoms with Crippen LogP contribution in [0.5, 0.6) is 0 Å². The van der Waals surface area contributed by atoms with Gasteiger partial charge in [-0.15, -0.1) is 0 Å². The molecule has 0 aliphatic heterocycles. The first-order valence-electron chi connectivity index (χ1n) is 5.88. The quantitative estimate of drug-likeness (QED) is 0.632. The number of aromatic nitrogens is 2. The number of aliphatic imine (C=N–C) groups is 1. The van der Waals surface area contributed by atoms with Gasteiger partial charge in [-0.3, -0.25) is 9.59 Å². The largest absolute Gasteiger partial charge is 0.347 e. The van der Waals surface area contributed by atoms with Gasteiger partial charge in [0.25, 0.3) is 0 Å². The molecule has 0 radical (unpaired) electrons. The second-order valence-corrected chi connectivity index (χ2v) is 4.25. The number of imidazole rings is 1. The highest BCUT2D eigenvalue weighted by atomic mass is 16.2. The minimum Gasteiger partial charge on any atom is -0.347 e. The van der Waals surface area contributed by atoms with Crippen LogP contribution in [-0.4, -0.2) is 53.0 Å². The third kappa shape index (κ3) is 3.40. The zero-order valence-electron chi connectivity index (χ0n) is 11.9. The van der Waals surface area contributed by atoms with E-state index in [2.05, 4.69) is 15.3 Å². The Kier molecular flexibility index (Phi) is 4.80. The predicted molar refractivity (Wildman–Crippen MR) is 74.2 cm³/mol. The van der Waals surface area contributed by atoms with Gasteiger partial charge in [0.05, 0.1) is 6.54 Å². The van der Waals surface area contributed by atoms with Crippen molar-refractivity contribution in [2.75, 3.05) is 26.0 Å². The van der Waals surface area contributed by atoms with E-state index < -0.39 is 0 Å². The number of carbonyl (C=O) groups excluding carboxylic acids is 2. The van der Waals surface area contributed by atoms with Crippen LogP contribution in [0.15, 0.2) is 4.99 Å². The van der Waals surface area contributed by atoms with Crippen LogP contribution < -0.4 is 5.32 Å². The van der Waals surface area contributed by atoms with Crippen molar-refractivity contribution in [2.24, 2.45) is 12.0 Å². The summed E-state index contributed by atoms with van der Waals surface area (Å²) in [5.41, 5.74) is 0.415. The minimum atomic E-state index is -0.123. The first-order valence-corrected chi connectivity index (χ1v) is 5.88. The fraction of sp³-hybridized carbons (Fsp3) is 0.500. The molecule has 7 heteroatoms. The molecule has 19 heavy (non-hydrogen) atoms. The topological polar surface area (TPSA) is 79.6 Å². The van der Waals surface area contributed by atoms with E-state index in [0.29, 0.717) is 17.5 Å². The van der Waals surface area contributed by atoms with Gasteiger partial charge < -0.3 is 14.8 Å². The fourth-order valence-corrected chi connectivity index (χ4v) is 1.56. The summed E-state index contributed by atoms with van der Waals surface area (Å²) in [6.07, 6.45) is 1.57. The minimum absolute atomic E-state index is 0.0760. The number of hydrogen-bond acceptors (Lipinski definition) is 5. The third-order valence-electron chi connectivity index (χ3n) is 2.56. The molecule has 1 heterocycles. The standard InChI is InChI=1S/C12H19N5O2/c1-6-13-11-10(8(2)18)17(5)12(15-11)14-7-9(19)16(3)4/h6H,7H2,1-5H3,(H,14,15)/b13-6-. The maximum Gasteiger partial charge on any atom is 0.241 e. The normalized spacial score (nSPS) is 10.8. The number of Topliss-reactive ketones (excluding diaryl/α,β-unsaturated/α-hetero) is 1. The summed E-state index contributed by atoms with van der Waals surface area (Å²) < 4.78 is 1.60. The average Bonchev–Trinajstić information content (AvgIpc) is 2.63. The van der Waals surface area contributed by atoms with Crippen molar-refractivity contribution in [1.29, 1.82) is 0 Å². The Morgan fingerprint density at radius 2 is 2.11 bits per heavy atom. The zero-order valence-corrected chi connectivity index (χ0v) is 11.9. The molecular formula is C12H19N5O2. The Morgan fingerprint density at radius 1 is 1.47 bits per heavy atom. The highest BCUT2D eigenvalue weighted by Crippen LogP contribution is 2.22. The number of amides is 1. The number of rotatable bonds is 5. The van der Waals surface area contributed by atoms with E-state index in [9.17, 15) is 9.59 Å². The summed E-state index contributed by atoms with van der Waals surface area (Å²) >= 11 is 0. The second-order valence-electron chi connectivity index (χ2n) is 4.25. The van der Waals surface area contributed by atoms with Crippen LogP contribution in [0.4, 0.5) is 11.8 Å². The number of anilines is 1. The van der Waals surface area contributed by atoms with Crippen molar-refractivity contribution in [3.63, 3.8) is 0 Å². The van der Waals surface area contributed by atoms with Gasteiger partial charge >= 0.3 is 0 Å². The van der Waals surface area contributed by atoms with Crippen LogP contribution in [0.3, 0.4) is 0 Å². The molecule has 0 saturated heterocycles. The molecule has 1 amide bonds. The van der Waals surface area contributed by atoms with Crippen LogP contribution in [0.25, 0.3) is 0 Å². The smallest absolute Gasteiger partial charge is 0.241 e. The average molecular weight is 265 g/mol. The number of ketones is 1. The number of likely N-dealkylation sites (N-methyl/N-ethyl adjacent to an activating group) is 1. The molecule has 0 aromatic carbocycles. The van der Waals surface area contributed by atoms with E-state index in [1.54, 1.807) is 38.8 Å². The molecule has 1 aromatic heterocycles. The molecule has 0 fully saturated rings. The van der Waals surface area contributed by atoms with Crippen LogP contribution in [-0.2, 0) is 11.8 Å². The van der Waals surface area contributed by atoms with Crippen LogP contribution in [0.2, 0.25) is 0 Å². The molecule has 0 atom stereocenters. The maximum atomic E-state index is 11.6. The van der Waals surface area contributed by atoms with E-state index in [4.69, 9.17) is 0 Å². The molecule has 1 N–H and O–H groups in total. The molecule has 1 aromatic rings. The van der Waals surface area contributed by atoms with Gasteiger partial charge in [0.2, 0.25) is 11.9 Å². The molecule has 0 spiro atoms. The van der Waals surface area contributed by atoms with E-state index >= 15 is 0 Å². The van der Waals surface area contributed by atoms with Gasteiger partial charge in [0.15, 0.2) is 11.6 Å². The highest BCUT2D eigenvalue weighted by Gasteiger charge is 2.18. The molecule has 1 rings (SSSR count). The number of carbonyl (C=O) groups is 2. The van der Waals surface area contributed by atoms with Gasteiger partial charge in [0.1, 0.15) is 5.69 Å². The van der Waals surface area contributed by atoms with Crippen molar-refractivity contribution in [1.82, 2.24) is 14.5 Å². The summed E-state index contributed by atoms with van der Waals surface area (Å²) in [5, 5.41) is 2.90. The lowest BCUT2D eigenvalue weighted by atomic mass is 10.3. The zero-order chi connectivity index (χ0) is 14.6. The highest BCUT2D eigenvalue weighted by molar-refractivity contribution is 5.97. The summed E-state index contributed by atoms with van der Waals surface area (Å²) in [6.45, 7) is 3.33. The molecule has 0 saturated carbocycles. The Morgan fingerprint density at radius 3 is 2.58 bits per heavy atom. The molecule has 104 valence electrons. The monoisotopic (exact) mass is 265 g/mol. The van der Waals surface area contributed by atoms with E-state index in [0.717, 1.165) is 0 Å². The van der Waals surface area contributed by atoms with Crippen LogP contribution >= 0.6 is 0 Å². The molecule has 7 nitrogen and oxygen atoms in total. The molecule has 0 aliphatic carbocycles. The lowest BCUT2D eigenvalue weighted by Crippen LogP contribution is -2.29. The van der Waals surface area contributed by atoms with Crippen molar-refractivity contribution in [3.05, 3.63) is 5.69 Å². The molecule has 0 unspecified atom stereocenters. The lowest BCUT2D eigenvalue weighted by molar-refractivity contribution is -0.126. The van der Waals surface area contributed by atoms with Gasteiger partial charge in [-0.1, -0.05) is 0 Å². The Bertz CT molecular complexity index is 516. The van der Waals surface area contributed by atoms with Crippen molar-refractivity contribution < 1.29 is 9.59 Å². The lowest BCUT2D eigenvalue weighted by Gasteiger charge is -2.11. The van der Waals surface area contributed by atoms with Crippen molar-refractivity contribution in [2.45, 2.75) is 13.8 Å². The van der Waals surface area contributed by atoms with E-state index in [-0.39, 0.29) is 18.2 Å². The Balaban J connectivity index is 3.00. The van der Waals surface area contributed by atoms with Gasteiger partial charge in [0, 0.05) is 34.3 Å². The first-order chi connectivity index (χ1) is 8.88. The van der Waals surface area contributed by atoms with E-state index in [1.807, 2.05) is 0 Å². The van der Waals surface area contributed by atoms with Crippen LogP contribution in [0.1, 0.15) is 24.3 Å². The summed E-state index contributed by atoms with van der Waals surface area (Å²) in [6, 6.07) is 0. The first kappa shape index (κ1) is 14.9. The molecule has 0 aliphatic rings. The Labute approximate surface area is 112 Å². The Hall–Kier alpha value is -2.18. The fourth-order valence-electron chi connectivity index (χ4n) is 1.56. The van der Waals surface area contributed by atoms with Gasteiger partial charge in [-0.2, -0.15) is 4.98 Å². The van der Waals surface area contributed by atoms with E-state index in [1.165, 1.54) is 11.8 Å². The summed E-state index contributed by atoms with van der Waals surface area (Å²) in [7, 11) is 5.06. The number of hydrogen-bond donors (Lipinski definition) is 1. The van der Waals surface area contributed by atoms with Gasteiger partial charge in [-0.25, -0.2) is 4.99 Å². The summed E-state index contributed by atoms with van der Waals surface area (Å²) in [5.74, 6) is 0.605. The number of nitrogens with one attached hydrogen (secondary N) is 1. The van der Waals surface area contributed by atoms with Crippen LogP contribution in [0, 0.1) is 0 Å². The predicted octanol–water partition coefficient (Wildman–Crippen LogP) is 0.845. The maximum absolute atomic E-state index is 11.6. The third-order valence-corrected chi connectivity index (χ3v) is 2.56. The van der Waals surface area contributed by atoms with Crippen molar-refractivity contribution >= 4 is 29.7 Å². The number of nitrogens with zero attached hydrogens (tertiary/aromatic N) is 4. The summed E-state index contributed by atoms with van der Waals surface area (Å²) in [4.78, 5) is 32.8. The SMILES string of the molecule is C/C=N\c1nc(NCC(=O)N(C)C)n(C)c1C(C)=O. The van der Waals surface area contributed by atoms with Crippen molar-refractivity contribution in [3.8, 4) is 0 Å². The second kappa shape index (κ2) is 6.12. The molecular weight excluding hydrogens is 246 g/mol.